The van der Waals surface area contributed by atoms with Gasteiger partial charge in [0.05, 0.1) is 24.2 Å². The normalized spacial score (nSPS) is 29.2. The largest absolute Gasteiger partial charge is 0.461 e. The predicted octanol–water partition coefficient (Wildman–Crippen LogP) is 3.32. The molecule has 218 valence electrons. The number of amides is 2. The summed E-state index contributed by atoms with van der Waals surface area (Å²) in [6.45, 7) is 17.0. The zero-order valence-corrected chi connectivity index (χ0v) is 24.2. The molecular weight excluding hydrogens is 510 g/mol. The molecule has 3 heterocycles. The number of likely N-dealkylation sites (tertiary alicyclic amines) is 1. The van der Waals surface area contributed by atoms with Crippen LogP contribution in [0.25, 0.3) is 0 Å². The first-order chi connectivity index (χ1) is 19.2. The molecule has 2 bridgehead atoms. The van der Waals surface area contributed by atoms with Gasteiger partial charge >= 0.3 is 5.97 Å². The van der Waals surface area contributed by atoms with Gasteiger partial charge < -0.3 is 29.3 Å². The first-order valence-corrected chi connectivity index (χ1v) is 14.4. The fourth-order valence-electron chi connectivity index (χ4n) is 7.07. The van der Waals surface area contributed by atoms with Crippen LogP contribution in [0, 0.1) is 11.8 Å². The van der Waals surface area contributed by atoms with Crippen molar-refractivity contribution in [3.8, 4) is 0 Å². The van der Waals surface area contributed by atoms with E-state index in [0.29, 0.717) is 24.9 Å². The summed E-state index contributed by atoms with van der Waals surface area (Å²) in [6.07, 6.45) is 4.54. The second kappa shape index (κ2) is 11.7. The van der Waals surface area contributed by atoms with Crippen LogP contribution in [-0.2, 0) is 23.9 Å². The molecule has 9 nitrogen and oxygen atoms in total. The average molecular weight is 554 g/mol. The number of esters is 1. The Bertz CT molecular complexity index is 1130. The van der Waals surface area contributed by atoms with E-state index in [2.05, 4.69) is 31.9 Å². The molecular formula is C31H43N3O6. The summed E-state index contributed by atoms with van der Waals surface area (Å²) in [5.74, 6) is -2.93. The minimum absolute atomic E-state index is 0.0240. The number of nitrogens with zero attached hydrogens (tertiary/aromatic N) is 3. The lowest BCUT2D eigenvalue weighted by Crippen LogP contribution is -2.59. The predicted molar refractivity (Wildman–Crippen MR) is 154 cm³/mol. The van der Waals surface area contributed by atoms with Gasteiger partial charge in [-0.25, -0.2) is 0 Å². The van der Waals surface area contributed by atoms with E-state index in [4.69, 9.17) is 9.47 Å². The Balaban J connectivity index is 1.78. The van der Waals surface area contributed by atoms with E-state index >= 15 is 0 Å². The number of rotatable bonds is 13. The second-order valence-electron chi connectivity index (χ2n) is 11.1. The van der Waals surface area contributed by atoms with Crippen molar-refractivity contribution in [1.29, 1.82) is 0 Å². The molecule has 2 unspecified atom stereocenters. The van der Waals surface area contributed by atoms with Gasteiger partial charge in [0.15, 0.2) is 0 Å². The van der Waals surface area contributed by atoms with Crippen molar-refractivity contribution >= 4 is 29.2 Å². The van der Waals surface area contributed by atoms with Crippen LogP contribution in [0.1, 0.15) is 47.0 Å². The van der Waals surface area contributed by atoms with E-state index in [0.717, 1.165) is 18.8 Å². The molecule has 6 atom stereocenters. The monoisotopic (exact) mass is 553 g/mol. The number of carbonyl (C=O) groups excluding carboxylic acids is 3. The first-order valence-electron chi connectivity index (χ1n) is 14.4. The van der Waals surface area contributed by atoms with Gasteiger partial charge in [-0.3, -0.25) is 14.4 Å². The van der Waals surface area contributed by atoms with E-state index in [9.17, 15) is 19.5 Å². The van der Waals surface area contributed by atoms with Gasteiger partial charge in [-0.1, -0.05) is 25.7 Å². The van der Waals surface area contributed by atoms with Crippen molar-refractivity contribution in [2.24, 2.45) is 11.8 Å². The minimum atomic E-state index is -1.20. The molecule has 3 fully saturated rings. The van der Waals surface area contributed by atoms with Crippen molar-refractivity contribution in [3.05, 3.63) is 49.6 Å². The van der Waals surface area contributed by atoms with Crippen LogP contribution >= 0.6 is 0 Å². The Hall–Kier alpha value is -3.17. The summed E-state index contributed by atoms with van der Waals surface area (Å²) < 4.78 is 12.1. The van der Waals surface area contributed by atoms with Crippen molar-refractivity contribution < 1.29 is 29.0 Å². The van der Waals surface area contributed by atoms with E-state index in [-0.39, 0.29) is 31.6 Å². The maximum Gasteiger partial charge on any atom is 0.313 e. The van der Waals surface area contributed by atoms with Crippen LogP contribution in [0.15, 0.2) is 49.6 Å². The number of benzene rings is 1. The molecule has 4 rings (SSSR count). The quantitative estimate of drug-likeness (QED) is 0.296. The highest BCUT2D eigenvalue weighted by Gasteiger charge is 2.79. The number of aliphatic hydroxyl groups is 1. The van der Waals surface area contributed by atoms with E-state index < -0.39 is 41.1 Å². The Kier molecular flexibility index (Phi) is 8.75. The maximum atomic E-state index is 14.6. The van der Waals surface area contributed by atoms with Gasteiger partial charge in [-0.15, -0.1) is 6.58 Å². The van der Waals surface area contributed by atoms with E-state index in [1.54, 1.807) is 11.0 Å². The number of anilines is 2. The molecule has 1 N–H and O–H groups in total. The summed E-state index contributed by atoms with van der Waals surface area (Å²) in [5.41, 5.74) is -0.414. The average Bonchev–Trinajstić information content (AvgIpc) is 3.53. The number of hydrogen-bond acceptors (Lipinski definition) is 7. The number of carbonyl (C=O) groups is 3. The lowest BCUT2D eigenvalue weighted by molar-refractivity contribution is -0.159. The highest BCUT2D eigenvalue weighted by Crippen LogP contribution is 2.63. The van der Waals surface area contributed by atoms with Gasteiger partial charge in [0.25, 0.3) is 5.91 Å². The number of ether oxygens (including phenoxy) is 2. The zero-order valence-electron chi connectivity index (χ0n) is 24.2. The molecule has 0 saturated carbocycles. The standard InChI is InChI=1S/C31H43N3O6/c1-7-18-33(23-14-12-22(13-15-23)32(10-4)11-5)28(37)26-31-17-16-30(6,40-31)25(29(38)39-19-8-2)24(31)27(36)34(26)21(9-3)20-35/h7-8,12-15,21,24-26,35H,1-2,9-11,16-20H2,3-6H3/t21-,24-,25+,26?,30-,31?/m0/s1. The number of aliphatic hydroxyl groups excluding tert-OH is 1. The molecule has 3 aliphatic heterocycles. The summed E-state index contributed by atoms with van der Waals surface area (Å²) in [5, 5.41) is 10.3. The molecule has 3 aliphatic rings. The molecule has 1 spiro atoms. The lowest BCUT2D eigenvalue weighted by atomic mass is 9.66. The summed E-state index contributed by atoms with van der Waals surface area (Å²) in [7, 11) is 0. The Morgan fingerprint density at radius 2 is 1.80 bits per heavy atom. The lowest BCUT2D eigenvalue weighted by Gasteiger charge is -2.39. The van der Waals surface area contributed by atoms with Crippen molar-refractivity contribution in [3.63, 3.8) is 0 Å². The minimum Gasteiger partial charge on any atom is -0.461 e. The van der Waals surface area contributed by atoms with Crippen LogP contribution in [0.5, 0.6) is 0 Å². The molecule has 1 aromatic carbocycles. The Morgan fingerprint density at radius 1 is 1.15 bits per heavy atom. The van der Waals surface area contributed by atoms with E-state index in [1.165, 1.54) is 11.0 Å². The molecule has 1 aromatic rings. The fraction of sp³-hybridized carbons (Fsp3) is 0.581. The SMILES string of the molecule is C=CCOC(=O)[C@H]1[C@H]2C(=O)N([C@@H](CC)CO)C(C(=O)N(CC=C)c3ccc(N(CC)CC)cc3)C23CC[C@]1(C)O3. The fourth-order valence-corrected chi connectivity index (χ4v) is 7.07. The molecule has 40 heavy (non-hydrogen) atoms. The highest BCUT2D eigenvalue weighted by molar-refractivity contribution is 6.05. The number of hydrogen-bond donors (Lipinski definition) is 1. The summed E-state index contributed by atoms with van der Waals surface area (Å²) in [6, 6.07) is 6.16. The third kappa shape index (κ3) is 4.63. The molecule has 0 aliphatic carbocycles. The van der Waals surface area contributed by atoms with Crippen molar-refractivity contribution in [1.82, 2.24) is 4.90 Å². The summed E-state index contributed by atoms with van der Waals surface area (Å²) >= 11 is 0. The Morgan fingerprint density at radius 3 is 2.35 bits per heavy atom. The van der Waals surface area contributed by atoms with Crippen LogP contribution < -0.4 is 9.80 Å². The van der Waals surface area contributed by atoms with Gasteiger partial charge in [0.2, 0.25) is 5.91 Å². The first kappa shape index (κ1) is 29.8. The van der Waals surface area contributed by atoms with Gasteiger partial charge in [0.1, 0.15) is 24.2 Å². The van der Waals surface area contributed by atoms with Crippen LogP contribution in [0.4, 0.5) is 11.4 Å². The molecule has 0 aromatic heterocycles. The smallest absolute Gasteiger partial charge is 0.313 e. The second-order valence-corrected chi connectivity index (χ2v) is 11.1. The maximum absolute atomic E-state index is 14.6. The molecule has 3 saturated heterocycles. The van der Waals surface area contributed by atoms with Crippen molar-refractivity contribution in [2.45, 2.75) is 70.2 Å². The zero-order chi connectivity index (χ0) is 29.2. The topological polar surface area (TPSA) is 99.6 Å². The van der Waals surface area contributed by atoms with Crippen LogP contribution in [-0.4, -0.2) is 83.9 Å². The third-order valence-corrected chi connectivity index (χ3v) is 8.99. The van der Waals surface area contributed by atoms with Gasteiger partial charge in [-0.05, 0) is 64.3 Å². The molecule has 2 amide bonds. The Labute approximate surface area is 237 Å². The van der Waals surface area contributed by atoms with Crippen molar-refractivity contribution in [2.75, 3.05) is 42.6 Å². The van der Waals surface area contributed by atoms with Crippen LogP contribution in [0.3, 0.4) is 0 Å². The highest BCUT2D eigenvalue weighted by atomic mass is 16.6. The van der Waals surface area contributed by atoms with Gasteiger partial charge in [0, 0.05) is 31.0 Å². The summed E-state index contributed by atoms with van der Waals surface area (Å²) in [4.78, 5) is 47.4. The molecule has 9 heteroatoms. The molecule has 0 radical (unpaired) electrons. The third-order valence-electron chi connectivity index (χ3n) is 8.99. The van der Waals surface area contributed by atoms with E-state index in [1.807, 2.05) is 38.1 Å². The van der Waals surface area contributed by atoms with Gasteiger partial charge in [-0.2, -0.15) is 0 Å². The number of fused-ring (bicyclic) bond motifs is 1. The van der Waals surface area contributed by atoms with Crippen LogP contribution in [0.2, 0.25) is 0 Å².